The number of carbonyl (C=O) groups is 1. The molecule has 3 heteroatoms. The van der Waals surface area contributed by atoms with Gasteiger partial charge in [-0.2, -0.15) is 0 Å². The Hall–Kier alpha value is -2.55. The minimum Gasteiger partial charge on any atom is -0.493 e. The lowest BCUT2D eigenvalue weighted by Gasteiger charge is -2.15. The number of aryl methyl sites for hydroxylation is 1. The molecule has 0 bridgehead atoms. The predicted molar refractivity (Wildman–Crippen MR) is 87.8 cm³/mol. The van der Waals surface area contributed by atoms with Crippen molar-refractivity contribution in [1.29, 1.82) is 0 Å². The Bertz CT molecular complexity index is 657. The summed E-state index contributed by atoms with van der Waals surface area (Å²) in [5, 5.41) is 0. The summed E-state index contributed by atoms with van der Waals surface area (Å²) in [5.41, 5.74) is 3.75. The van der Waals surface area contributed by atoms with E-state index < -0.39 is 0 Å². The number of ether oxygens (including phenoxy) is 2. The first-order valence-electron chi connectivity index (χ1n) is 7.13. The molecule has 0 saturated heterocycles. The van der Waals surface area contributed by atoms with E-state index in [1.165, 1.54) is 5.56 Å². The molecule has 0 aromatic heterocycles. The van der Waals surface area contributed by atoms with Crippen LogP contribution < -0.4 is 9.47 Å². The number of rotatable bonds is 7. The first-order chi connectivity index (χ1) is 10.7. The van der Waals surface area contributed by atoms with Crippen molar-refractivity contribution in [2.24, 2.45) is 0 Å². The summed E-state index contributed by atoms with van der Waals surface area (Å²) in [4.78, 5) is 11.0. The van der Waals surface area contributed by atoms with Gasteiger partial charge in [0.1, 0.15) is 12.9 Å². The topological polar surface area (TPSA) is 35.5 Å². The number of methoxy groups -OCH3 is 1. The van der Waals surface area contributed by atoms with Crippen LogP contribution in [0.3, 0.4) is 0 Å². The highest BCUT2D eigenvalue weighted by atomic mass is 16.5. The molecule has 2 rings (SSSR count). The Morgan fingerprint density at radius 1 is 1.18 bits per heavy atom. The molecular weight excluding hydrogens is 276 g/mol. The lowest BCUT2D eigenvalue weighted by molar-refractivity contribution is 0.112. The predicted octanol–water partition coefficient (Wildman–Crippen LogP) is 4.12. The standard InChI is InChI=1S/C19H20O3/c1-4-5-17-10-16(12-20)11-18(21-3)19(17)22-13-15-8-6-14(2)7-9-15/h4,6-12H,1,5,13H2,2-3H3. The third-order valence-corrected chi connectivity index (χ3v) is 3.38. The molecule has 114 valence electrons. The quantitative estimate of drug-likeness (QED) is 0.569. The molecular formula is C19H20O3. The molecule has 0 heterocycles. The highest BCUT2D eigenvalue weighted by Gasteiger charge is 2.12. The van der Waals surface area contributed by atoms with Crippen molar-refractivity contribution in [3.8, 4) is 11.5 Å². The van der Waals surface area contributed by atoms with E-state index in [0.717, 1.165) is 17.4 Å². The Morgan fingerprint density at radius 3 is 2.50 bits per heavy atom. The van der Waals surface area contributed by atoms with Crippen LogP contribution in [-0.2, 0) is 13.0 Å². The van der Waals surface area contributed by atoms with E-state index in [1.54, 1.807) is 19.3 Å². The Labute approximate surface area is 131 Å². The molecule has 0 N–H and O–H groups in total. The number of benzene rings is 2. The summed E-state index contributed by atoms with van der Waals surface area (Å²) >= 11 is 0. The number of aldehydes is 1. The average Bonchev–Trinajstić information content (AvgIpc) is 2.54. The van der Waals surface area contributed by atoms with Crippen molar-refractivity contribution < 1.29 is 14.3 Å². The number of allylic oxidation sites excluding steroid dienone is 1. The summed E-state index contributed by atoms with van der Waals surface area (Å²) < 4.78 is 11.3. The Balaban J connectivity index is 2.29. The molecule has 2 aromatic carbocycles. The molecule has 0 atom stereocenters. The molecule has 0 aliphatic carbocycles. The van der Waals surface area contributed by atoms with Gasteiger partial charge in [0, 0.05) is 11.1 Å². The number of carbonyl (C=O) groups excluding carboxylic acids is 1. The fraction of sp³-hybridized carbons (Fsp3) is 0.211. The van der Waals surface area contributed by atoms with Gasteiger partial charge in [0.05, 0.1) is 7.11 Å². The molecule has 0 aliphatic rings. The fourth-order valence-corrected chi connectivity index (χ4v) is 2.21. The normalized spacial score (nSPS) is 10.1. The van der Waals surface area contributed by atoms with E-state index in [9.17, 15) is 4.79 Å². The van der Waals surface area contributed by atoms with Gasteiger partial charge in [-0.1, -0.05) is 35.9 Å². The summed E-state index contributed by atoms with van der Waals surface area (Å²) in [6, 6.07) is 11.7. The van der Waals surface area contributed by atoms with Gasteiger partial charge >= 0.3 is 0 Å². The fourth-order valence-electron chi connectivity index (χ4n) is 2.21. The van der Waals surface area contributed by atoms with Crippen LogP contribution in [0.25, 0.3) is 0 Å². The van der Waals surface area contributed by atoms with E-state index >= 15 is 0 Å². The lowest BCUT2D eigenvalue weighted by atomic mass is 10.1. The second kappa shape index (κ2) is 7.46. The molecule has 3 nitrogen and oxygen atoms in total. The summed E-state index contributed by atoms with van der Waals surface area (Å²) in [5.74, 6) is 1.22. The van der Waals surface area contributed by atoms with Crippen LogP contribution in [0.5, 0.6) is 11.5 Å². The van der Waals surface area contributed by atoms with Crippen LogP contribution in [-0.4, -0.2) is 13.4 Å². The monoisotopic (exact) mass is 296 g/mol. The lowest BCUT2D eigenvalue weighted by Crippen LogP contribution is -2.02. The molecule has 0 aliphatic heterocycles. The van der Waals surface area contributed by atoms with Crippen LogP contribution >= 0.6 is 0 Å². The summed E-state index contributed by atoms with van der Waals surface area (Å²) in [7, 11) is 1.57. The van der Waals surface area contributed by atoms with E-state index in [-0.39, 0.29) is 0 Å². The smallest absolute Gasteiger partial charge is 0.165 e. The molecule has 0 fully saturated rings. The second-order valence-electron chi connectivity index (χ2n) is 5.10. The zero-order valence-electron chi connectivity index (χ0n) is 13.0. The SMILES string of the molecule is C=CCc1cc(C=O)cc(OC)c1OCc1ccc(C)cc1. The van der Waals surface area contributed by atoms with Crippen molar-refractivity contribution in [3.63, 3.8) is 0 Å². The van der Waals surface area contributed by atoms with Gasteiger partial charge in [-0.25, -0.2) is 0 Å². The maximum absolute atomic E-state index is 11.0. The van der Waals surface area contributed by atoms with Crippen LogP contribution in [0.1, 0.15) is 27.0 Å². The maximum atomic E-state index is 11.0. The highest BCUT2D eigenvalue weighted by molar-refractivity contribution is 5.77. The molecule has 0 radical (unpaired) electrons. The van der Waals surface area contributed by atoms with Crippen molar-refractivity contribution in [2.75, 3.05) is 7.11 Å². The Kier molecular flexibility index (Phi) is 5.37. The summed E-state index contributed by atoms with van der Waals surface area (Å²) in [6.07, 6.45) is 3.20. The molecule has 0 saturated carbocycles. The minimum absolute atomic E-state index is 0.446. The van der Waals surface area contributed by atoms with Gasteiger partial charge in [-0.05, 0) is 31.0 Å². The zero-order chi connectivity index (χ0) is 15.9. The van der Waals surface area contributed by atoms with Gasteiger partial charge in [-0.15, -0.1) is 6.58 Å². The van der Waals surface area contributed by atoms with E-state index in [4.69, 9.17) is 9.47 Å². The molecule has 0 unspecified atom stereocenters. The van der Waals surface area contributed by atoms with E-state index in [2.05, 4.69) is 18.7 Å². The maximum Gasteiger partial charge on any atom is 0.165 e. The van der Waals surface area contributed by atoms with Gasteiger partial charge in [0.25, 0.3) is 0 Å². The third-order valence-electron chi connectivity index (χ3n) is 3.38. The van der Waals surface area contributed by atoms with Crippen molar-refractivity contribution in [1.82, 2.24) is 0 Å². The first-order valence-corrected chi connectivity index (χ1v) is 7.13. The minimum atomic E-state index is 0.446. The Morgan fingerprint density at radius 2 is 1.91 bits per heavy atom. The molecule has 22 heavy (non-hydrogen) atoms. The first kappa shape index (κ1) is 15.8. The molecule has 0 spiro atoms. The van der Waals surface area contributed by atoms with Crippen LogP contribution in [0.2, 0.25) is 0 Å². The van der Waals surface area contributed by atoms with Gasteiger partial charge in [0.15, 0.2) is 11.5 Å². The van der Waals surface area contributed by atoms with Gasteiger partial charge < -0.3 is 9.47 Å². The highest BCUT2D eigenvalue weighted by Crippen LogP contribution is 2.33. The summed E-state index contributed by atoms with van der Waals surface area (Å²) in [6.45, 7) is 6.25. The third kappa shape index (κ3) is 3.76. The second-order valence-corrected chi connectivity index (χ2v) is 5.10. The van der Waals surface area contributed by atoms with Crippen molar-refractivity contribution in [2.45, 2.75) is 20.0 Å². The van der Waals surface area contributed by atoms with Crippen LogP contribution in [0.4, 0.5) is 0 Å². The van der Waals surface area contributed by atoms with Crippen LogP contribution in [0, 0.1) is 6.92 Å². The van der Waals surface area contributed by atoms with Crippen molar-refractivity contribution >= 4 is 6.29 Å². The van der Waals surface area contributed by atoms with Gasteiger partial charge in [0.2, 0.25) is 0 Å². The average molecular weight is 296 g/mol. The largest absolute Gasteiger partial charge is 0.493 e. The zero-order valence-corrected chi connectivity index (χ0v) is 13.0. The number of hydrogen-bond donors (Lipinski definition) is 0. The number of hydrogen-bond acceptors (Lipinski definition) is 3. The molecule has 0 amide bonds. The van der Waals surface area contributed by atoms with Crippen LogP contribution in [0.15, 0.2) is 49.1 Å². The van der Waals surface area contributed by atoms with Crippen molar-refractivity contribution in [3.05, 3.63) is 71.3 Å². The van der Waals surface area contributed by atoms with E-state index in [0.29, 0.717) is 30.1 Å². The van der Waals surface area contributed by atoms with E-state index in [1.807, 2.05) is 25.1 Å². The van der Waals surface area contributed by atoms with Gasteiger partial charge in [-0.3, -0.25) is 4.79 Å². The molecule has 2 aromatic rings.